The first-order valence-corrected chi connectivity index (χ1v) is 7.46. The Morgan fingerprint density at radius 3 is 2.32 bits per heavy atom. The van der Waals surface area contributed by atoms with Gasteiger partial charge in [0.1, 0.15) is 13.2 Å². The maximum atomic E-state index is 12.3. The SMILES string of the molecule is O=C(C=Cc1ccc(Cl)cc1)c1cc2c(cc1Cl)OCCO2. The van der Waals surface area contributed by atoms with E-state index in [1.807, 2.05) is 12.1 Å². The van der Waals surface area contributed by atoms with E-state index >= 15 is 0 Å². The fraction of sp³-hybridized carbons (Fsp3) is 0.118. The van der Waals surface area contributed by atoms with Crippen LogP contribution < -0.4 is 9.47 Å². The fourth-order valence-corrected chi connectivity index (χ4v) is 2.46. The average Bonchev–Trinajstić information content (AvgIpc) is 2.53. The number of carbonyl (C=O) groups excluding carboxylic acids is 1. The second-order valence-electron chi connectivity index (χ2n) is 4.72. The molecule has 0 saturated heterocycles. The third kappa shape index (κ3) is 3.26. The van der Waals surface area contributed by atoms with E-state index in [0.29, 0.717) is 40.3 Å². The van der Waals surface area contributed by atoms with Crippen molar-refractivity contribution < 1.29 is 14.3 Å². The molecule has 1 aliphatic heterocycles. The van der Waals surface area contributed by atoms with Crippen LogP contribution in [0.3, 0.4) is 0 Å². The quantitative estimate of drug-likeness (QED) is 0.604. The average molecular weight is 335 g/mol. The smallest absolute Gasteiger partial charge is 0.187 e. The predicted molar refractivity (Wildman–Crippen MR) is 87.3 cm³/mol. The highest BCUT2D eigenvalue weighted by atomic mass is 35.5. The lowest BCUT2D eigenvalue weighted by molar-refractivity contribution is 0.104. The second-order valence-corrected chi connectivity index (χ2v) is 5.57. The Labute approximate surface area is 138 Å². The van der Waals surface area contributed by atoms with Crippen molar-refractivity contribution in [1.29, 1.82) is 0 Å². The number of fused-ring (bicyclic) bond motifs is 1. The number of ketones is 1. The highest BCUT2D eigenvalue weighted by Crippen LogP contribution is 2.35. The highest BCUT2D eigenvalue weighted by molar-refractivity contribution is 6.35. The molecular formula is C17H12Cl2O3. The van der Waals surface area contributed by atoms with Gasteiger partial charge in [0.05, 0.1) is 5.02 Å². The maximum Gasteiger partial charge on any atom is 0.187 e. The summed E-state index contributed by atoms with van der Waals surface area (Å²) in [5.41, 5.74) is 1.27. The van der Waals surface area contributed by atoms with Crippen LogP contribution in [-0.4, -0.2) is 19.0 Å². The van der Waals surface area contributed by atoms with Crippen molar-refractivity contribution >= 4 is 35.1 Å². The zero-order valence-corrected chi connectivity index (χ0v) is 13.0. The third-order valence-electron chi connectivity index (χ3n) is 3.19. The molecule has 0 spiro atoms. The molecule has 22 heavy (non-hydrogen) atoms. The van der Waals surface area contributed by atoms with E-state index in [1.165, 1.54) is 6.08 Å². The summed E-state index contributed by atoms with van der Waals surface area (Å²) < 4.78 is 10.9. The first-order chi connectivity index (χ1) is 10.6. The van der Waals surface area contributed by atoms with Gasteiger partial charge in [-0.3, -0.25) is 4.79 Å². The first-order valence-electron chi connectivity index (χ1n) is 6.70. The van der Waals surface area contributed by atoms with E-state index in [0.717, 1.165) is 5.56 Å². The number of benzene rings is 2. The molecule has 112 valence electrons. The zero-order valence-electron chi connectivity index (χ0n) is 11.5. The largest absolute Gasteiger partial charge is 0.486 e. The Balaban J connectivity index is 1.84. The standard InChI is InChI=1S/C17H12Cl2O3/c18-12-4-1-11(2-5-12)3-6-15(20)13-9-16-17(10-14(13)19)22-8-7-21-16/h1-6,9-10H,7-8H2. The van der Waals surface area contributed by atoms with Gasteiger partial charge < -0.3 is 9.47 Å². The van der Waals surface area contributed by atoms with Crippen molar-refractivity contribution in [3.63, 3.8) is 0 Å². The molecule has 1 heterocycles. The van der Waals surface area contributed by atoms with Crippen molar-refractivity contribution in [1.82, 2.24) is 0 Å². The van der Waals surface area contributed by atoms with Crippen LogP contribution in [0.4, 0.5) is 0 Å². The molecule has 0 amide bonds. The second kappa shape index (κ2) is 6.42. The van der Waals surface area contributed by atoms with Gasteiger partial charge in [0.2, 0.25) is 0 Å². The first kappa shape index (κ1) is 14.9. The molecule has 0 fully saturated rings. The van der Waals surface area contributed by atoms with E-state index in [4.69, 9.17) is 32.7 Å². The molecule has 0 aromatic heterocycles. The molecule has 0 aliphatic carbocycles. The monoisotopic (exact) mass is 334 g/mol. The van der Waals surface area contributed by atoms with Gasteiger partial charge in [-0.2, -0.15) is 0 Å². The van der Waals surface area contributed by atoms with Gasteiger partial charge in [-0.25, -0.2) is 0 Å². The van der Waals surface area contributed by atoms with Crippen LogP contribution in [0, 0.1) is 0 Å². The number of carbonyl (C=O) groups is 1. The normalized spacial score (nSPS) is 13.4. The minimum absolute atomic E-state index is 0.197. The van der Waals surface area contributed by atoms with Gasteiger partial charge in [0, 0.05) is 16.7 Å². The number of ether oxygens (including phenoxy) is 2. The summed E-state index contributed by atoms with van der Waals surface area (Å²) >= 11 is 12.0. The van der Waals surface area contributed by atoms with Gasteiger partial charge in [0.25, 0.3) is 0 Å². The summed E-state index contributed by atoms with van der Waals surface area (Å²) in [6.07, 6.45) is 3.19. The topological polar surface area (TPSA) is 35.5 Å². The van der Waals surface area contributed by atoms with Gasteiger partial charge >= 0.3 is 0 Å². The van der Waals surface area contributed by atoms with Crippen LogP contribution in [0.1, 0.15) is 15.9 Å². The van der Waals surface area contributed by atoms with Gasteiger partial charge in [-0.05, 0) is 29.8 Å². The summed E-state index contributed by atoms with van der Waals surface area (Å²) in [6.45, 7) is 0.940. The molecule has 0 bridgehead atoms. The minimum atomic E-state index is -0.197. The molecule has 2 aromatic rings. The Morgan fingerprint density at radius 1 is 1.00 bits per heavy atom. The molecule has 0 N–H and O–H groups in total. The summed E-state index contributed by atoms with van der Waals surface area (Å²) in [5.74, 6) is 0.908. The van der Waals surface area contributed by atoms with E-state index in [2.05, 4.69) is 0 Å². The molecule has 5 heteroatoms. The van der Waals surface area contributed by atoms with Crippen LogP contribution in [0.2, 0.25) is 10.0 Å². The Hall–Kier alpha value is -1.97. The summed E-state index contributed by atoms with van der Waals surface area (Å²) in [5, 5.41) is 0.994. The van der Waals surface area contributed by atoms with Crippen molar-refractivity contribution in [2.24, 2.45) is 0 Å². The van der Waals surface area contributed by atoms with Crippen LogP contribution >= 0.6 is 23.2 Å². The third-order valence-corrected chi connectivity index (χ3v) is 3.76. The van der Waals surface area contributed by atoms with Crippen molar-refractivity contribution in [2.45, 2.75) is 0 Å². The zero-order chi connectivity index (χ0) is 15.5. The summed E-state index contributed by atoms with van der Waals surface area (Å²) in [7, 11) is 0. The van der Waals surface area contributed by atoms with E-state index in [-0.39, 0.29) is 5.78 Å². The van der Waals surface area contributed by atoms with E-state index < -0.39 is 0 Å². The number of allylic oxidation sites excluding steroid dienone is 1. The molecule has 0 saturated carbocycles. The maximum absolute atomic E-state index is 12.3. The van der Waals surface area contributed by atoms with Crippen molar-refractivity contribution in [3.8, 4) is 11.5 Å². The summed E-state index contributed by atoms with van der Waals surface area (Å²) in [4.78, 5) is 12.3. The van der Waals surface area contributed by atoms with Gasteiger partial charge in [0.15, 0.2) is 17.3 Å². The number of hydrogen-bond acceptors (Lipinski definition) is 3. The molecule has 3 rings (SSSR count). The van der Waals surface area contributed by atoms with Gasteiger partial charge in [-0.15, -0.1) is 0 Å². The molecule has 0 atom stereocenters. The predicted octanol–water partition coefficient (Wildman–Crippen LogP) is 4.66. The molecule has 2 aromatic carbocycles. The number of rotatable bonds is 3. The molecule has 3 nitrogen and oxygen atoms in total. The van der Waals surface area contributed by atoms with Crippen LogP contribution in [0.5, 0.6) is 11.5 Å². The fourth-order valence-electron chi connectivity index (χ4n) is 2.09. The molecule has 0 unspecified atom stereocenters. The number of hydrogen-bond donors (Lipinski definition) is 0. The Bertz CT molecular complexity index is 736. The lowest BCUT2D eigenvalue weighted by Crippen LogP contribution is -2.16. The lowest BCUT2D eigenvalue weighted by atomic mass is 10.1. The van der Waals surface area contributed by atoms with E-state index in [1.54, 1.807) is 30.3 Å². The Kier molecular flexibility index (Phi) is 4.36. The highest BCUT2D eigenvalue weighted by Gasteiger charge is 2.17. The Morgan fingerprint density at radius 2 is 1.64 bits per heavy atom. The lowest BCUT2D eigenvalue weighted by Gasteiger charge is -2.19. The summed E-state index contributed by atoms with van der Waals surface area (Å²) in [6, 6.07) is 10.4. The van der Waals surface area contributed by atoms with Crippen LogP contribution in [0.25, 0.3) is 6.08 Å². The van der Waals surface area contributed by atoms with Crippen molar-refractivity contribution in [2.75, 3.05) is 13.2 Å². The molecular weight excluding hydrogens is 323 g/mol. The van der Waals surface area contributed by atoms with Crippen LogP contribution in [0.15, 0.2) is 42.5 Å². The molecule has 1 aliphatic rings. The van der Waals surface area contributed by atoms with Crippen LogP contribution in [-0.2, 0) is 0 Å². The van der Waals surface area contributed by atoms with E-state index in [9.17, 15) is 4.79 Å². The van der Waals surface area contributed by atoms with Gasteiger partial charge in [-0.1, -0.05) is 41.4 Å². The minimum Gasteiger partial charge on any atom is -0.486 e. The molecule has 0 radical (unpaired) electrons. The number of halogens is 2. The van der Waals surface area contributed by atoms with Crippen molar-refractivity contribution in [3.05, 3.63) is 63.6 Å².